The minimum Gasteiger partial charge on any atom is -0.545 e. The lowest BCUT2D eigenvalue weighted by atomic mass is 10.0. The van der Waals surface area contributed by atoms with E-state index in [4.69, 9.17) is 21.1 Å². The Labute approximate surface area is 186 Å². The van der Waals surface area contributed by atoms with Gasteiger partial charge in [-0.15, -0.1) is 0 Å². The van der Waals surface area contributed by atoms with Crippen molar-refractivity contribution in [3.63, 3.8) is 0 Å². The van der Waals surface area contributed by atoms with E-state index < -0.39 is 11.9 Å². The molecule has 3 rings (SSSR count). The number of carbonyl (C=O) groups is 2. The van der Waals surface area contributed by atoms with E-state index in [1.54, 1.807) is 0 Å². The summed E-state index contributed by atoms with van der Waals surface area (Å²) in [6, 6.07) is 13.5. The first-order valence-electron chi connectivity index (χ1n) is 9.89. The molecule has 31 heavy (non-hydrogen) atoms. The van der Waals surface area contributed by atoms with Crippen LogP contribution in [0, 0.1) is 0 Å². The highest BCUT2D eigenvalue weighted by atomic mass is 35.5. The molecule has 0 N–H and O–H groups in total. The normalized spacial score (nSPS) is 14.4. The Morgan fingerprint density at radius 2 is 1.61 bits per heavy atom. The summed E-state index contributed by atoms with van der Waals surface area (Å²) >= 11 is 6.20. The third-order valence-corrected chi connectivity index (χ3v) is 4.85. The van der Waals surface area contributed by atoms with Gasteiger partial charge in [0.1, 0.15) is 11.9 Å². The molecule has 0 saturated heterocycles. The zero-order valence-corrected chi connectivity index (χ0v) is 18.1. The molecule has 2 aromatic rings. The average Bonchev–Trinajstić information content (AvgIpc) is 2.90. The molecular weight excluding hydrogens is 422 g/mol. The van der Waals surface area contributed by atoms with Crippen LogP contribution in [-0.2, 0) is 9.59 Å². The molecule has 1 heterocycles. The molecule has 0 saturated carbocycles. The number of carbonyl (C=O) groups excluding carboxylic acids is 2. The molecule has 0 aromatic heterocycles. The summed E-state index contributed by atoms with van der Waals surface area (Å²) in [5.41, 5.74) is 1.01. The molecule has 7 nitrogen and oxygen atoms in total. The first kappa shape index (κ1) is 24.2. The van der Waals surface area contributed by atoms with Crippen LogP contribution in [0.3, 0.4) is 0 Å². The van der Waals surface area contributed by atoms with E-state index in [1.165, 1.54) is 0 Å². The van der Waals surface area contributed by atoms with Gasteiger partial charge >= 0.3 is 0 Å². The number of ether oxygens (including phenoxy) is 2. The van der Waals surface area contributed by atoms with Gasteiger partial charge in [0.15, 0.2) is 11.5 Å². The Kier molecular flexibility index (Phi) is 9.37. The van der Waals surface area contributed by atoms with Crippen LogP contribution < -0.4 is 19.7 Å². The van der Waals surface area contributed by atoms with Crippen LogP contribution in [-0.4, -0.2) is 36.5 Å². The minimum atomic E-state index is -1.55. The molecule has 1 atom stereocenters. The van der Waals surface area contributed by atoms with Crippen molar-refractivity contribution >= 4 is 23.5 Å². The molecular formula is C23H24ClNO6-2. The molecule has 2 aromatic carbocycles. The predicted octanol–water partition coefficient (Wildman–Crippen LogP) is 2.34. The number of nitrogens with zero attached hydrogens (tertiary/aromatic N) is 1. The largest absolute Gasteiger partial charge is 0.545 e. The van der Waals surface area contributed by atoms with E-state index in [0.717, 1.165) is 48.9 Å². The number of carboxylic acids is 2. The highest BCUT2D eigenvalue weighted by Crippen LogP contribution is 2.43. The summed E-state index contributed by atoms with van der Waals surface area (Å²) in [5, 5.41) is 19.5. The first-order chi connectivity index (χ1) is 14.8. The molecule has 0 bridgehead atoms. The lowest BCUT2D eigenvalue weighted by Crippen LogP contribution is -2.26. The van der Waals surface area contributed by atoms with E-state index in [0.29, 0.717) is 17.2 Å². The standard InChI is InChI=1S/C19H22ClNO2.C4H4O4/c1-3-21(4-2)12-11-17-15-13-14(20)9-10-16(15)22-18-7-5-6-8-19(18)23-17;5-3(6)1-2-4(7)8/h5-10,13,17H,3-4,11-12H2,1-2H3;1-2H,(H,5,6)(H,7,8)/p-2/b;2-1+. The van der Waals surface area contributed by atoms with Crippen molar-refractivity contribution < 1.29 is 29.3 Å². The van der Waals surface area contributed by atoms with Crippen LogP contribution in [0.4, 0.5) is 0 Å². The van der Waals surface area contributed by atoms with Crippen LogP contribution in [0.2, 0.25) is 5.02 Å². The molecule has 0 aliphatic carbocycles. The topological polar surface area (TPSA) is 102 Å². The smallest absolute Gasteiger partial charge is 0.169 e. The fourth-order valence-electron chi connectivity index (χ4n) is 3.02. The molecule has 0 amide bonds. The van der Waals surface area contributed by atoms with Crippen LogP contribution in [0.15, 0.2) is 54.6 Å². The van der Waals surface area contributed by atoms with Crippen molar-refractivity contribution in [1.29, 1.82) is 0 Å². The third kappa shape index (κ3) is 7.62. The quantitative estimate of drug-likeness (QED) is 0.602. The van der Waals surface area contributed by atoms with Crippen LogP contribution in [0.5, 0.6) is 17.2 Å². The number of aliphatic carboxylic acids is 2. The number of hydrogen-bond donors (Lipinski definition) is 0. The maximum Gasteiger partial charge on any atom is 0.169 e. The number of fused-ring (bicyclic) bond motifs is 2. The summed E-state index contributed by atoms with van der Waals surface area (Å²) in [4.78, 5) is 21.2. The summed E-state index contributed by atoms with van der Waals surface area (Å²) < 4.78 is 12.3. The number of hydrogen-bond acceptors (Lipinski definition) is 7. The minimum absolute atomic E-state index is 0.0621. The molecule has 0 spiro atoms. The number of para-hydroxylation sites is 2. The number of halogens is 1. The monoisotopic (exact) mass is 445 g/mol. The summed E-state index contributed by atoms with van der Waals surface area (Å²) in [7, 11) is 0. The lowest BCUT2D eigenvalue weighted by molar-refractivity contribution is -0.301. The number of rotatable bonds is 7. The first-order valence-corrected chi connectivity index (χ1v) is 10.3. The highest BCUT2D eigenvalue weighted by Gasteiger charge is 2.25. The zero-order chi connectivity index (χ0) is 22.8. The van der Waals surface area contributed by atoms with E-state index >= 15 is 0 Å². The van der Waals surface area contributed by atoms with Crippen LogP contribution in [0.1, 0.15) is 31.9 Å². The summed E-state index contributed by atoms with van der Waals surface area (Å²) in [6.45, 7) is 7.42. The van der Waals surface area contributed by atoms with Crippen molar-refractivity contribution in [3.05, 3.63) is 65.2 Å². The molecule has 0 radical (unpaired) electrons. The Morgan fingerprint density at radius 3 is 2.19 bits per heavy atom. The Morgan fingerprint density at radius 1 is 1.00 bits per heavy atom. The molecule has 1 unspecified atom stereocenters. The Balaban J connectivity index is 0.000000366. The van der Waals surface area contributed by atoms with Gasteiger partial charge in [0.25, 0.3) is 0 Å². The molecule has 0 fully saturated rings. The van der Waals surface area contributed by atoms with Gasteiger partial charge < -0.3 is 34.2 Å². The molecule has 166 valence electrons. The van der Waals surface area contributed by atoms with Gasteiger partial charge in [-0.1, -0.05) is 37.6 Å². The van der Waals surface area contributed by atoms with Crippen molar-refractivity contribution in [2.24, 2.45) is 0 Å². The summed E-state index contributed by atoms with van der Waals surface area (Å²) in [5.74, 6) is -0.738. The lowest BCUT2D eigenvalue weighted by Gasteiger charge is -2.23. The van der Waals surface area contributed by atoms with Gasteiger partial charge in [-0.2, -0.15) is 0 Å². The Hall–Kier alpha value is -3.03. The van der Waals surface area contributed by atoms with Gasteiger partial charge in [0.2, 0.25) is 0 Å². The zero-order valence-electron chi connectivity index (χ0n) is 17.4. The van der Waals surface area contributed by atoms with Gasteiger partial charge in [-0.25, -0.2) is 0 Å². The van der Waals surface area contributed by atoms with Gasteiger partial charge in [0.05, 0.1) is 11.9 Å². The van der Waals surface area contributed by atoms with Crippen molar-refractivity contribution in [2.75, 3.05) is 19.6 Å². The van der Waals surface area contributed by atoms with Crippen molar-refractivity contribution in [3.8, 4) is 17.2 Å². The van der Waals surface area contributed by atoms with Gasteiger partial charge in [-0.3, -0.25) is 0 Å². The second kappa shape index (κ2) is 12.0. The van der Waals surface area contributed by atoms with Crippen LogP contribution in [0.25, 0.3) is 0 Å². The second-order valence-electron chi connectivity index (χ2n) is 6.62. The van der Waals surface area contributed by atoms with E-state index in [1.807, 2.05) is 42.5 Å². The highest BCUT2D eigenvalue weighted by molar-refractivity contribution is 6.30. The Bertz CT molecular complexity index is 910. The van der Waals surface area contributed by atoms with Gasteiger partial charge in [0, 0.05) is 23.6 Å². The molecule has 1 aliphatic heterocycles. The maximum atomic E-state index is 9.41. The number of benzene rings is 2. The average molecular weight is 446 g/mol. The van der Waals surface area contributed by atoms with Crippen molar-refractivity contribution in [2.45, 2.75) is 26.4 Å². The van der Waals surface area contributed by atoms with Gasteiger partial charge in [-0.05, 0) is 55.6 Å². The fourth-order valence-corrected chi connectivity index (χ4v) is 3.20. The van der Waals surface area contributed by atoms with Crippen LogP contribution >= 0.6 is 11.6 Å². The number of carboxylic acid groups (broad SMARTS) is 2. The second-order valence-corrected chi connectivity index (χ2v) is 7.06. The SMILES string of the molecule is CCN(CC)CCC1Oc2ccccc2Oc2ccc(Cl)cc21.O=C([O-])/C=C/C(=O)[O-]. The summed E-state index contributed by atoms with van der Waals surface area (Å²) in [6.07, 6.45) is 1.60. The van der Waals surface area contributed by atoms with E-state index in [9.17, 15) is 19.8 Å². The molecule has 8 heteroatoms. The van der Waals surface area contributed by atoms with E-state index in [2.05, 4.69) is 18.7 Å². The fraction of sp³-hybridized carbons (Fsp3) is 0.304. The predicted molar refractivity (Wildman–Crippen MR) is 113 cm³/mol. The van der Waals surface area contributed by atoms with Crippen molar-refractivity contribution in [1.82, 2.24) is 4.90 Å². The molecule has 1 aliphatic rings. The van der Waals surface area contributed by atoms with E-state index in [-0.39, 0.29) is 6.10 Å². The maximum absolute atomic E-state index is 9.41. The third-order valence-electron chi connectivity index (χ3n) is 4.61.